The Balaban J connectivity index is 0.00000289. The molecule has 6 heteroatoms. The van der Waals surface area contributed by atoms with Crippen LogP contribution in [-0.2, 0) is 6.61 Å². The van der Waals surface area contributed by atoms with Crippen LogP contribution < -0.4 is 4.74 Å². The first kappa shape index (κ1) is 25.3. The summed E-state index contributed by atoms with van der Waals surface area (Å²) >= 11 is 6.63. The maximum Gasteiger partial charge on any atom is 0.138 e. The fourth-order valence-electron chi connectivity index (χ4n) is 5.04. The monoisotopic (exact) mass is 479 g/mol. The minimum Gasteiger partial charge on any atom is -0.487 e. The van der Waals surface area contributed by atoms with Crippen molar-refractivity contribution in [2.24, 2.45) is 0 Å². The van der Waals surface area contributed by atoms with Crippen LogP contribution in [0.4, 0.5) is 0 Å². The van der Waals surface area contributed by atoms with Crippen molar-refractivity contribution in [1.29, 1.82) is 0 Å². The second-order valence-corrected chi connectivity index (χ2v) is 9.62. The van der Waals surface area contributed by atoms with E-state index in [0.29, 0.717) is 17.4 Å². The minimum atomic E-state index is -0.704. The van der Waals surface area contributed by atoms with Gasteiger partial charge in [0.15, 0.2) is 0 Å². The topological polar surface area (TPSA) is 52.9 Å². The number of aliphatic hydroxyl groups is 2. The molecule has 2 aromatic carbocycles. The molecule has 1 unspecified atom stereocenters. The Bertz CT molecular complexity index is 834. The summed E-state index contributed by atoms with van der Waals surface area (Å²) < 4.78 is 5.96. The first-order valence-electron chi connectivity index (χ1n) is 11.6. The van der Waals surface area contributed by atoms with E-state index in [-0.39, 0.29) is 24.4 Å². The lowest BCUT2D eigenvalue weighted by molar-refractivity contribution is -0.0353. The van der Waals surface area contributed by atoms with Crippen molar-refractivity contribution in [3.05, 3.63) is 64.7 Å². The minimum absolute atomic E-state index is 0. The number of piperidine rings is 1. The number of aliphatic hydroxyl groups excluding tert-OH is 1. The van der Waals surface area contributed by atoms with E-state index < -0.39 is 5.60 Å². The zero-order valence-corrected chi connectivity index (χ0v) is 20.2. The van der Waals surface area contributed by atoms with Crippen LogP contribution in [0.5, 0.6) is 5.75 Å². The summed E-state index contributed by atoms with van der Waals surface area (Å²) in [6.07, 6.45) is 6.41. The van der Waals surface area contributed by atoms with E-state index >= 15 is 0 Å². The SMILES string of the molecule is Cl.OC1CCN(CC(c2ccc(OCc3ccccc3)c(Cl)c2)C2(O)CCCCC2)CC1. The van der Waals surface area contributed by atoms with Crippen molar-refractivity contribution in [1.82, 2.24) is 4.90 Å². The molecule has 1 saturated heterocycles. The average Bonchev–Trinajstić information content (AvgIpc) is 2.79. The third kappa shape index (κ3) is 6.39. The molecular weight excluding hydrogens is 445 g/mol. The largest absolute Gasteiger partial charge is 0.487 e. The molecule has 2 aliphatic rings. The molecule has 1 saturated carbocycles. The van der Waals surface area contributed by atoms with Gasteiger partial charge in [0.05, 0.1) is 16.7 Å². The maximum atomic E-state index is 11.6. The number of benzene rings is 2. The van der Waals surface area contributed by atoms with Crippen LogP contribution >= 0.6 is 24.0 Å². The molecule has 0 aromatic heterocycles. The summed E-state index contributed by atoms with van der Waals surface area (Å²) in [5, 5.41) is 22.1. The number of hydrogen-bond donors (Lipinski definition) is 2. The molecule has 1 atom stereocenters. The van der Waals surface area contributed by atoms with Crippen LogP contribution in [0, 0.1) is 0 Å². The van der Waals surface area contributed by atoms with Crippen molar-refractivity contribution >= 4 is 24.0 Å². The third-order valence-electron chi connectivity index (χ3n) is 6.96. The van der Waals surface area contributed by atoms with Crippen molar-refractivity contribution in [2.75, 3.05) is 19.6 Å². The van der Waals surface area contributed by atoms with E-state index in [1.54, 1.807) is 0 Å². The van der Waals surface area contributed by atoms with Gasteiger partial charge in [-0.25, -0.2) is 0 Å². The van der Waals surface area contributed by atoms with Crippen LogP contribution in [0.15, 0.2) is 48.5 Å². The third-order valence-corrected chi connectivity index (χ3v) is 7.26. The van der Waals surface area contributed by atoms with Crippen LogP contribution in [-0.4, -0.2) is 46.5 Å². The summed E-state index contributed by atoms with van der Waals surface area (Å²) in [5.74, 6) is 0.675. The number of halogens is 2. The van der Waals surface area contributed by atoms with Gasteiger partial charge in [-0.1, -0.05) is 67.3 Å². The highest BCUT2D eigenvalue weighted by molar-refractivity contribution is 6.32. The van der Waals surface area contributed by atoms with Crippen LogP contribution in [0.2, 0.25) is 5.02 Å². The second kappa shape index (κ2) is 11.7. The first-order chi connectivity index (χ1) is 15.0. The number of hydrogen-bond acceptors (Lipinski definition) is 4. The Morgan fingerprint density at radius 3 is 2.38 bits per heavy atom. The van der Waals surface area contributed by atoms with Crippen LogP contribution in [0.25, 0.3) is 0 Å². The normalized spacial score (nSPS) is 20.3. The van der Waals surface area contributed by atoms with Gasteiger partial charge in [-0.15, -0.1) is 12.4 Å². The van der Waals surface area contributed by atoms with Gasteiger partial charge in [0.2, 0.25) is 0 Å². The standard InChI is InChI=1S/C26H34ClNO3.ClH/c27-24-17-21(9-10-25(24)31-19-20-7-3-1-4-8-20)23(26(30)13-5-2-6-14-26)18-28-15-11-22(29)12-16-28;/h1,3-4,7-10,17,22-23,29-30H,2,5-6,11-16,18-19H2;1H. The Kier molecular flexibility index (Phi) is 9.27. The Morgan fingerprint density at radius 1 is 1.03 bits per heavy atom. The van der Waals surface area contributed by atoms with Gasteiger partial charge in [0.1, 0.15) is 12.4 Å². The molecule has 4 rings (SSSR count). The van der Waals surface area contributed by atoms with E-state index in [1.165, 1.54) is 6.42 Å². The molecule has 1 heterocycles. The fraction of sp³-hybridized carbons (Fsp3) is 0.538. The lowest BCUT2D eigenvalue weighted by atomic mass is 9.72. The first-order valence-corrected chi connectivity index (χ1v) is 12.0. The molecule has 0 spiro atoms. The maximum absolute atomic E-state index is 11.6. The molecule has 0 amide bonds. The lowest BCUT2D eigenvalue weighted by Crippen LogP contribution is -2.46. The molecule has 176 valence electrons. The number of ether oxygens (including phenoxy) is 1. The molecular formula is C26H35Cl2NO3. The van der Waals surface area contributed by atoms with Gasteiger partial charge in [0.25, 0.3) is 0 Å². The number of likely N-dealkylation sites (tertiary alicyclic amines) is 1. The number of rotatable bonds is 7. The van der Waals surface area contributed by atoms with Crippen molar-refractivity contribution < 1.29 is 14.9 Å². The van der Waals surface area contributed by atoms with Gasteiger partial charge in [-0.3, -0.25) is 0 Å². The summed E-state index contributed by atoms with van der Waals surface area (Å²) in [5.41, 5.74) is 1.47. The molecule has 32 heavy (non-hydrogen) atoms. The van der Waals surface area contributed by atoms with Crippen LogP contribution in [0.1, 0.15) is 62.0 Å². The summed E-state index contributed by atoms with van der Waals surface area (Å²) in [6, 6.07) is 16.1. The fourth-order valence-corrected chi connectivity index (χ4v) is 5.29. The summed E-state index contributed by atoms with van der Waals surface area (Å²) in [7, 11) is 0. The molecule has 0 radical (unpaired) electrons. The molecule has 1 aliphatic heterocycles. The van der Waals surface area contributed by atoms with Gasteiger partial charge >= 0.3 is 0 Å². The predicted octanol–water partition coefficient (Wildman–Crippen LogP) is 5.58. The van der Waals surface area contributed by atoms with Crippen LogP contribution in [0.3, 0.4) is 0 Å². The van der Waals surface area contributed by atoms with E-state index in [4.69, 9.17) is 16.3 Å². The quantitative estimate of drug-likeness (QED) is 0.544. The van der Waals surface area contributed by atoms with Gasteiger partial charge in [-0.05, 0) is 48.9 Å². The average molecular weight is 480 g/mol. The van der Waals surface area contributed by atoms with E-state index in [9.17, 15) is 10.2 Å². The van der Waals surface area contributed by atoms with Crippen molar-refractivity contribution in [3.8, 4) is 5.75 Å². The molecule has 2 aromatic rings. The smallest absolute Gasteiger partial charge is 0.138 e. The second-order valence-electron chi connectivity index (χ2n) is 9.21. The highest BCUT2D eigenvalue weighted by atomic mass is 35.5. The zero-order valence-electron chi connectivity index (χ0n) is 18.6. The van der Waals surface area contributed by atoms with Crippen molar-refractivity contribution in [3.63, 3.8) is 0 Å². The highest BCUT2D eigenvalue weighted by Crippen LogP contribution is 2.42. The lowest BCUT2D eigenvalue weighted by Gasteiger charge is -2.43. The summed E-state index contributed by atoms with van der Waals surface area (Å²) in [4.78, 5) is 2.39. The van der Waals surface area contributed by atoms with Gasteiger partial charge in [-0.2, -0.15) is 0 Å². The predicted molar refractivity (Wildman–Crippen MR) is 132 cm³/mol. The Hall–Kier alpha value is -1.30. The molecule has 1 aliphatic carbocycles. The molecule has 4 nitrogen and oxygen atoms in total. The Morgan fingerprint density at radius 2 is 1.72 bits per heavy atom. The molecule has 2 fully saturated rings. The molecule has 0 bridgehead atoms. The molecule has 2 N–H and O–H groups in total. The van der Waals surface area contributed by atoms with E-state index in [1.807, 2.05) is 42.5 Å². The van der Waals surface area contributed by atoms with E-state index in [0.717, 1.165) is 69.3 Å². The zero-order chi connectivity index (χ0) is 21.7. The number of nitrogens with zero attached hydrogens (tertiary/aromatic N) is 1. The van der Waals surface area contributed by atoms with Gasteiger partial charge in [0, 0.05) is 25.6 Å². The van der Waals surface area contributed by atoms with Crippen molar-refractivity contribution in [2.45, 2.75) is 69.2 Å². The highest BCUT2D eigenvalue weighted by Gasteiger charge is 2.40. The van der Waals surface area contributed by atoms with Gasteiger partial charge < -0.3 is 19.8 Å². The summed E-state index contributed by atoms with van der Waals surface area (Å²) in [6.45, 7) is 3.02. The van der Waals surface area contributed by atoms with E-state index in [2.05, 4.69) is 11.0 Å². The Labute approximate surface area is 203 Å².